The molecule has 0 radical (unpaired) electrons. The van der Waals surface area contributed by atoms with Crippen LogP contribution in [-0.2, 0) is 0 Å². The third-order valence-corrected chi connectivity index (χ3v) is 3.77. The van der Waals surface area contributed by atoms with Crippen LogP contribution in [0.3, 0.4) is 0 Å². The quantitative estimate of drug-likeness (QED) is 0.839. The summed E-state index contributed by atoms with van der Waals surface area (Å²) in [6.07, 6.45) is 0.00384. The standard InChI is InChI=1S/C16H16Cl2FNO/c1-2-14(20)16(11-5-3-4-6-13(11)19)21-15-9-10(17)7-8-12(15)18/h3-9,14,16H,2,20H2,1H3. The lowest BCUT2D eigenvalue weighted by atomic mass is 10.0. The molecule has 0 bridgehead atoms. The zero-order chi connectivity index (χ0) is 15.4. The molecular formula is C16H16Cl2FNO. The molecule has 0 saturated heterocycles. The van der Waals surface area contributed by atoms with Gasteiger partial charge in [-0.15, -0.1) is 0 Å². The van der Waals surface area contributed by atoms with Crippen LogP contribution in [0.25, 0.3) is 0 Å². The second-order valence-electron chi connectivity index (χ2n) is 4.71. The van der Waals surface area contributed by atoms with Crippen molar-refractivity contribution in [2.75, 3.05) is 0 Å². The summed E-state index contributed by atoms with van der Waals surface area (Å²) in [6, 6.07) is 10.9. The average Bonchev–Trinajstić information content (AvgIpc) is 2.48. The molecule has 2 atom stereocenters. The highest BCUT2D eigenvalue weighted by Gasteiger charge is 2.24. The summed E-state index contributed by atoms with van der Waals surface area (Å²) in [4.78, 5) is 0. The number of ether oxygens (including phenoxy) is 1. The van der Waals surface area contributed by atoms with Gasteiger partial charge in [0.2, 0.25) is 0 Å². The summed E-state index contributed by atoms with van der Waals surface area (Å²) in [5.41, 5.74) is 6.49. The van der Waals surface area contributed by atoms with Crippen molar-refractivity contribution in [3.05, 3.63) is 63.9 Å². The fourth-order valence-electron chi connectivity index (χ4n) is 2.01. The molecule has 0 amide bonds. The number of hydrogen-bond acceptors (Lipinski definition) is 2. The lowest BCUT2D eigenvalue weighted by Crippen LogP contribution is -2.32. The highest BCUT2D eigenvalue weighted by atomic mass is 35.5. The summed E-state index contributed by atoms with van der Waals surface area (Å²) in [5, 5.41) is 0.899. The zero-order valence-electron chi connectivity index (χ0n) is 11.5. The molecule has 2 N–H and O–H groups in total. The summed E-state index contributed by atoms with van der Waals surface area (Å²) in [7, 11) is 0. The van der Waals surface area contributed by atoms with Crippen LogP contribution in [0.2, 0.25) is 10.0 Å². The lowest BCUT2D eigenvalue weighted by molar-refractivity contribution is 0.166. The highest BCUT2D eigenvalue weighted by molar-refractivity contribution is 6.34. The maximum atomic E-state index is 14.0. The maximum absolute atomic E-state index is 14.0. The molecule has 2 unspecified atom stereocenters. The van der Waals surface area contributed by atoms with Crippen molar-refractivity contribution >= 4 is 23.2 Å². The minimum atomic E-state index is -0.632. The first-order valence-electron chi connectivity index (χ1n) is 6.64. The van der Waals surface area contributed by atoms with Crippen LogP contribution in [0.15, 0.2) is 42.5 Å². The highest BCUT2D eigenvalue weighted by Crippen LogP contribution is 2.33. The van der Waals surface area contributed by atoms with Gasteiger partial charge in [-0.25, -0.2) is 4.39 Å². The lowest BCUT2D eigenvalue weighted by Gasteiger charge is -2.25. The molecule has 0 fully saturated rings. The first-order chi connectivity index (χ1) is 10.0. The van der Waals surface area contributed by atoms with E-state index in [1.807, 2.05) is 6.92 Å². The van der Waals surface area contributed by atoms with Crippen molar-refractivity contribution < 1.29 is 9.13 Å². The molecule has 0 aliphatic rings. The largest absolute Gasteiger partial charge is 0.482 e. The van der Waals surface area contributed by atoms with E-state index in [-0.39, 0.29) is 11.9 Å². The number of rotatable bonds is 5. The van der Waals surface area contributed by atoms with Crippen LogP contribution in [0.4, 0.5) is 4.39 Å². The van der Waals surface area contributed by atoms with Gasteiger partial charge in [-0.3, -0.25) is 0 Å². The zero-order valence-corrected chi connectivity index (χ0v) is 13.0. The summed E-state index contributed by atoms with van der Waals surface area (Å²) in [6.45, 7) is 1.92. The Morgan fingerprint density at radius 1 is 1.19 bits per heavy atom. The molecule has 2 nitrogen and oxygen atoms in total. The van der Waals surface area contributed by atoms with Crippen molar-refractivity contribution in [1.29, 1.82) is 0 Å². The van der Waals surface area contributed by atoms with E-state index in [1.165, 1.54) is 6.07 Å². The Hall–Kier alpha value is -1.29. The fraction of sp³-hybridized carbons (Fsp3) is 0.250. The van der Waals surface area contributed by atoms with E-state index >= 15 is 0 Å². The normalized spacial score (nSPS) is 13.8. The molecule has 0 spiro atoms. The van der Waals surface area contributed by atoms with Crippen LogP contribution >= 0.6 is 23.2 Å². The number of benzene rings is 2. The molecule has 0 aliphatic carbocycles. The van der Waals surface area contributed by atoms with Crippen molar-refractivity contribution in [1.82, 2.24) is 0 Å². The number of nitrogens with two attached hydrogens (primary N) is 1. The van der Waals surface area contributed by atoms with Gasteiger partial charge < -0.3 is 10.5 Å². The van der Waals surface area contributed by atoms with Gasteiger partial charge >= 0.3 is 0 Å². The second-order valence-corrected chi connectivity index (χ2v) is 5.55. The molecule has 0 aliphatic heterocycles. The van der Waals surface area contributed by atoms with E-state index < -0.39 is 6.10 Å². The summed E-state index contributed by atoms with van der Waals surface area (Å²) >= 11 is 12.0. The van der Waals surface area contributed by atoms with Gasteiger partial charge in [-0.2, -0.15) is 0 Å². The molecule has 0 heterocycles. The third-order valence-electron chi connectivity index (χ3n) is 3.22. The number of hydrogen-bond donors (Lipinski definition) is 1. The smallest absolute Gasteiger partial charge is 0.142 e. The molecule has 5 heteroatoms. The summed E-state index contributed by atoms with van der Waals surface area (Å²) < 4.78 is 19.9. The van der Waals surface area contributed by atoms with Gasteiger partial charge in [-0.1, -0.05) is 48.3 Å². The predicted octanol–water partition coefficient (Wildman–Crippen LogP) is 4.99. The molecule has 0 aromatic heterocycles. The second kappa shape index (κ2) is 7.12. The van der Waals surface area contributed by atoms with E-state index in [4.69, 9.17) is 33.7 Å². The van der Waals surface area contributed by atoms with Crippen molar-refractivity contribution in [2.45, 2.75) is 25.5 Å². The Bertz CT molecular complexity index is 621. The van der Waals surface area contributed by atoms with E-state index in [0.29, 0.717) is 27.8 Å². The minimum absolute atomic E-state index is 0.357. The van der Waals surface area contributed by atoms with Gasteiger partial charge in [0.05, 0.1) is 5.02 Å². The van der Waals surface area contributed by atoms with Crippen molar-refractivity contribution in [3.63, 3.8) is 0 Å². The number of halogens is 3. The molecule has 0 saturated carbocycles. The van der Waals surface area contributed by atoms with Crippen LogP contribution in [-0.4, -0.2) is 6.04 Å². The van der Waals surface area contributed by atoms with Gasteiger partial charge in [-0.05, 0) is 24.6 Å². The molecular weight excluding hydrogens is 312 g/mol. The van der Waals surface area contributed by atoms with Crippen molar-refractivity contribution in [3.8, 4) is 5.75 Å². The van der Waals surface area contributed by atoms with Gasteiger partial charge in [0, 0.05) is 22.7 Å². The monoisotopic (exact) mass is 327 g/mol. The van der Waals surface area contributed by atoms with Crippen LogP contribution in [0, 0.1) is 5.82 Å². The Labute approximate surface area is 133 Å². The Morgan fingerprint density at radius 2 is 1.90 bits per heavy atom. The molecule has 21 heavy (non-hydrogen) atoms. The minimum Gasteiger partial charge on any atom is -0.482 e. The first-order valence-corrected chi connectivity index (χ1v) is 7.40. The van der Waals surface area contributed by atoms with E-state index in [2.05, 4.69) is 0 Å². The van der Waals surface area contributed by atoms with Gasteiger partial charge in [0.15, 0.2) is 0 Å². The molecule has 2 aromatic carbocycles. The van der Waals surface area contributed by atoms with Crippen molar-refractivity contribution in [2.24, 2.45) is 5.73 Å². The SMILES string of the molecule is CCC(N)C(Oc1cc(Cl)ccc1Cl)c1ccccc1F. The maximum Gasteiger partial charge on any atom is 0.142 e. The molecule has 112 valence electrons. The van der Waals surface area contributed by atoms with Gasteiger partial charge in [0.1, 0.15) is 17.7 Å². The van der Waals surface area contributed by atoms with Crippen LogP contribution < -0.4 is 10.5 Å². The van der Waals surface area contributed by atoms with E-state index in [1.54, 1.807) is 36.4 Å². The van der Waals surface area contributed by atoms with Crippen LogP contribution in [0.1, 0.15) is 25.0 Å². The molecule has 2 rings (SSSR count). The van der Waals surface area contributed by atoms with E-state index in [0.717, 1.165) is 0 Å². The Kier molecular flexibility index (Phi) is 5.45. The Balaban J connectivity index is 2.38. The van der Waals surface area contributed by atoms with E-state index in [9.17, 15) is 4.39 Å². The fourth-order valence-corrected chi connectivity index (χ4v) is 2.33. The third kappa shape index (κ3) is 3.88. The Morgan fingerprint density at radius 3 is 2.57 bits per heavy atom. The first kappa shape index (κ1) is 16.1. The van der Waals surface area contributed by atoms with Crippen LogP contribution in [0.5, 0.6) is 5.75 Å². The van der Waals surface area contributed by atoms with Gasteiger partial charge in [0.25, 0.3) is 0 Å². The molecule has 2 aromatic rings. The topological polar surface area (TPSA) is 35.2 Å². The predicted molar refractivity (Wildman–Crippen MR) is 84.5 cm³/mol. The average molecular weight is 328 g/mol. The summed E-state index contributed by atoms with van der Waals surface area (Å²) in [5.74, 6) is 0.0332.